The number of aromatic nitrogens is 1. The van der Waals surface area contributed by atoms with E-state index in [0.717, 1.165) is 17.1 Å². The second kappa shape index (κ2) is 8.18. The highest BCUT2D eigenvalue weighted by molar-refractivity contribution is 7.09. The van der Waals surface area contributed by atoms with E-state index in [2.05, 4.69) is 15.6 Å². The van der Waals surface area contributed by atoms with Gasteiger partial charge in [-0.2, -0.15) is 0 Å². The number of amides is 1. The number of rotatable bonds is 8. The van der Waals surface area contributed by atoms with Crippen molar-refractivity contribution in [1.29, 1.82) is 0 Å². The molecule has 0 aromatic carbocycles. The number of carbonyl (C=O) groups excluding carboxylic acids is 1. The minimum absolute atomic E-state index is 0.00851. The van der Waals surface area contributed by atoms with Crippen LogP contribution < -0.4 is 10.6 Å². The van der Waals surface area contributed by atoms with E-state index in [1.54, 1.807) is 18.4 Å². The van der Waals surface area contributed by atoms with Crippen molar-refractivity contribution < 1.29 is 9.53 Å². The summed E-state index contributed by atoms with van der Waals surface area (Å²) in [5, 5.41) is 8.97. The minimum Gasteiger partial charge on any atom is -0.383 e. The van der Waals surface area contributed by atoms with Gasteiger partial charge in [0.05, 0.1) is 19.2 Å². The first-order valence-corrected chi connectivity index (χ1v) is 6.96. The molecule has 1 rings (SSSR count). The Kier molecular flexibility index (Phi) is 6.85. The van der Waals surface area contributed by atoms with Crippen LogP contribution in [0.3, 0.4) is 0 Å². The summed E-state index contributed by atoms with van der Waals surface area (Å²) in [6, 6.07) is 0.0143. The minimum atomic E-state index is -0.00851. The number of thiazole rings is 1. The summed E-state index contributed by atoms with van der Waals surface area (Å²) in [4.78, 5) is 16.1. The molecule has 1 heterocycles. The van der Waals surface area contributed by atoms with Gasteiger partial charge in [0.25, 0.3) is 0 Å². The zero-order chi connectivity index (χ0) is 13.4. The van der Waals surface area contributed by atoms with Crippen molar-refractivity contribution in [2.75, 3.05) is 26.8 Å². The molecule has 0 aliphatic rings. The molecule has 0 aliphatic carbocycles. The molecule has 18 heavy (non-hydrogen) atoms. The topological polar surface area (TPSA) is 63.2 Å². The van der Waals surface area contributed by atoms with E-state index >= 15 is 0 Å². The number of hydrogen-bond donors (Lipinski definition) is 2. The van der Waals surface area contributed by atoms with Crippen LogP contribution in [-0.2, 0) is 9.53 Å². The SMILES string of the molecule is CCC(NC(=O)CNCCOC)c1nc(C)cs1. The number of nitrogens with zero attached hydrogens (tertiary/aromatic N) is 1. The van der Waals surface area contributed by atoms with E-state index in [-0.39, 0.29) is 11.9 Å². The maximum Gasteiger partial charge on any atom is 0.234 e. The number of methoxy groups -OCH3 is 1. The standard InChI is InChI=1S/C12H21N3O2S/c1-4-10(12-14-9(2)8-18-12)15-11(16)7-13-5-6-17-3/h8,10,13H,4-7H2,1-3H3,(H,15,16). The number of hydrogen-bond acceptors (Lipinski definition) is 5. The summed E-state index contributed by atoms with van der Waals surface area (Å²) in [5.41, 5.74) is 1.00. The molecule has 0 fully saturated rings. The molecule has 1 unspecified atom stereocenters. The van der Waals surface area contributed by atoms with Crippen molar-refractivity contribution in [3.8, 4) is 0 Å². The molecule has 6 heteroatoms. The van der Waals surface area contributed by atoms with Gasteiger partial charge in [0.2, 0.25) is 5.91 Å². The Hall–Kier alpha value is -0.980. The van der Waals surface area contributed by atoms with Crippen LogP contribution >= 0.6 is 11.3 Å². The van der Waals surface area contributed by atoms with Crippen LogP contribution in [0.25, 0.3) is 0 Å². The first kappa shape index (κ1) is 15.1. The normalized spacial score (nSPS) is 12.4. The second-order valence-corrected chi connectivity index (χ2v) is 4.91. The Morgan fingerprint density at radius 2 is 2.39 bits per heavy atom. The molecule has 1 atom stereocenters. The van der Waals surface area contributed by atoms with E-state index in [9.17, 15) is 4.79 Å². The smallest absolute Gasteiger partial charge is 0.234 e. The maximum absolute atomic E-state index is 11.7. The van der Waals surface area contributed by atoms with E-state index in [1.807, 2.05) is 19.2 Å². The molecule has 0 bridgehead atoms. The van der Waals surface area contributed by atoms with Gasteiger partial charge in [0.1, 0.15) is 5.01 Å². The van der Waals surface area contributed by atoms with Gasteiger partial charge in [-0.15, -0.1) is 11.3 Å². The van der Waals surface area contributed by atoms with Crippen LogP contribution in [0, 0.1) is 6.92 Å². The third-order valence-corrected chi connectivity index (χ3v) is 3.52. The molecule has 5 nitrogen and oxygen atoms in total. The zero-order valence-electron chi connectivity index (χ0n) is 11.2. The highest BCUT2D eigenvalue weighted by Crippen LogP contribution is 2.20. The Labute approximate surface area is 112 Å². The zero-order valence-corrected chi connectivity index (χ0v) is 12.0. The third-order valence-electron chi connectivity index (χ3n) is 2.45. The highest BCUT2D eigenvalue weighted by Gasteiger charge is 2.15. The van der Waals surface area contributed by atoms with E-state index < -0.39 is 0 Å². The van der Waals surface area contributed by atoms with Gasteiger partial charge in [-0.3, -0.25) is 4.79 Å². The molecule has 1 aromatic rings. The van der Waals surface area contributed by atoms with Gasteiger partial charge in [-0.05, 0) is 13.3 Å². The Morgan fingerprint density at radius 3 is 2.94 bits per heavy atom. The van der Waals surface area contributed by atoms with Gasteiger partial charge in [-0.1, -0.05) is 6.92 Å². The van der Waals surface area contributed by atoms with Crippen molar-refractivity contribution in [2.24, 2.45) is 0 Å². The van der Waals surface area contributed by atoms with Crippen LogP contribution in [0.2, 0.25) is 0 Å². The molecule has 102 valence electrons. The van der Waals surface area contributed by atoms with Crippen molar-refractivity contribution in [3.63, 3.8) is 0 Å². The molecule has 0 spiro atoms. The summed E-state index contributed by atoms with van der Waals surface area (Å²) >= 11 is 1.59. The fourth-order valence-electron chi connectivity index (χ4n) is 1.49. The Bertz CT molecular complexity index is 368. The average Bonchev–Trinajstić information content (AvgIpc) is 2.78. The molecule has 0 aliphatic heterocycles. The van der Waals surface area contributed by atoms with Crippen LogP contribution in [0.4, 0.5) is 0 Å². The lowest BCUT2D eigenvalue weighted by Gasteiger charge is -2.14. The molecule has 0 saturated heterocycles. The lowest BCUT2D eigenvalue weighted by Crippen LogP contribution is -2.37. The molecular weight excluding hydrogens is 250 g/mol. The maximum atomic E-state index is 11.7. The molecule has 0 saturated carbocycles. The van der Waals surface area contributed by atoms with Gasteiger partial charge in [0, 0.05) is 24.7 Å². The lowest BCUT2D eigenvalue weighted by atomic mass is 10.2. The first-order chi connectivity index (χ1) is 8.67. The fourth-order valence-corrected chi connectivity index (χ4v) is 2.42. The number of nitrogens with one attached hydrogen (secondary N) is 2. The van der Waals surface area contributed by atoms with Crippen molar-refractivity contribution >= 4 is 17.2 Å². The third kappa shape index (κ3) is 5.12. The summed E-state index contributed by atoms with van der Waals surface area (Å²) in [6.45, 7) is 5.60. The van der Waals surface area contributed by atoms with Gasteiger partial charge in [-0.25, -0.2) is 4.98 Å². The van der Waals surface area contributed by atoms with Crippen molar-refractivity contribution in [3.05, 3.63) is 16.1 Å². The Morgan fingerprint density at radius 1 is 1.61 bits per heavy atom. The van der Waals surface area contributed by atoms with Gasteiger partial charge in [0.15, 0.2) is 0 Å². The van der Waals surface area contributed by atoms with Crippen molar-refractivity contribution in [2.45, 2.75) is 26.3 Å². The fraction of sp³-hybridized carbons (Fsp3) is 0.667. The molecule has 1 amide bonds. The average molecular weight is 271 g/mol. The molecule has 0 radical (unpaired) electrons. The Balaban J connectivity index is 2.36. The van der Waals surface area contributed by atoms with Crippen LogP contribution in [0.5, 0.6) is 0 Å². The predicted octanol–water partition coefficient (Wildman–Crippen LogP) is 1.25. The van der Waals surface area contributed by atoms with Gasteiger partial charge >= 0.3 is 0 Å². The van der Waals surface area contributed by atoms with Crippen LogP contribution in [0.15, 0.2) is 5.38 Å². The molecular formula is C12H21N3O2S. The largest absolute Gasteiger partial charge is 0.383 e. The number of aryl methyl sites for hydroxylation is 1. The first-order valence-electron chi connectivity index (χ1n) is 6.08. The predicted molar refractivity (Wildman–Crippen MR) is 72.8 cm³/mol. The highest BCUT2D eigenvalue weighted by atomic mass is 32.1. The monoisotopic (exact) mass is 271 g/mol. The van der Waals surface area contributed by atoms with Crippen molar-refractivity contribution in [1.82, 2.24) is 15.6 Å². The van der Waals surface area contributed by atoms with Gasteiger partial charge < -0.3 is 15.4 Å². The molecule has 1 aromatic heterocycles. The summed E-state index contributed by atoms with van der Waals surface area (Å²) in [5.74, 6) is -0.00851. The lowest BCUT2D eigenvalue weighted by molar-refractivity contribution is -0.121. The summed E-state index contributed by atoms with van der Waals surface area (Å²) < 4.78 is 4.90. The van der Waals surface area contributed by atoms with E-state index in [0.29, 0.717) is 19.7 Å². The van der Waals surface area contributed by atoms with Crippen LogP contribution in [-0.4, -0.2) is 37.7 Å². The van der Waals surface area contributed by atoms with E-state index in [1.165, 1.54) is 0 Å². The quantitative estimate of drug-likeness (QED) is 0.699. The summed E-state index contributed by atoms with van der Waals surface area (Å²) in [7, 11) is 1.64. The molecule has 2 N–H and O–H groups in total. The van der Waals surface area contributed by atoms with Crippen LogP contribution in [0.1, 0.15) is 30.1 Å². The number of ether oxygens (including phenoxy) is 1. The number of carbonyl (C=O) groups is 1. The summed E-state index contributed by atoms with van der Waals surface area (Å²) in [6.07, 6.45) is 0.844. The second-order valence-electron chi connectivity index (χ2n) is 4.03. The van der Waals surface area contributed by atoms with E-state index in [4.69, 9.17) is 4.74 Å².